The Kier molecular flexibility index (Phi) is 8.36. The van der Waals surface area contributed by atoms with Crippen molar-refractivity contribution in [2.75, 3.05) is 26.3 Å². The fourth-order valence-electron chi connectivity index (χ4n) is 4.90. The van der Waals surface area contributed by atoms with Crippen LogP contribution in [0, 0.1) is 5.92 Å². The number of morpholine rings is 1. The lowest BCUT2D eigenvalue weighted by atomic mass is 9.74. The first kappa shape index (κ1) is 24.7. The van der Waals surface area contributed by atoms with E-state index < -0.39 is 11.9 Å². The smallest absolute Gasteiger partial charge is 0.410 e. The van der Waals surface area contributed by atoms with Crippen LogP contribution in [-0.4, -0.2) is 49.1 Å². The maximum Gasteiger partial charge on any atom is 0.410 e. The predicted octanol–water partition coefficient (Wildman–Crippen LogP) is 3.27. The lowest BCUT2D eigenvalue weighted by Gasteiger charge is -2.32. The lowest BCUT2D eigenvalue weighted by molar-refractivity contribution is -0.131. The van der Waals surface area contributed by atoms with Crippen LogP contribution < -0.4 is 11.1 Å². The molecule has 3 N–H and O–H groups in total. The van der Waals surface area contributed by atoms with Gasteiger partial charge < -0.3 is 25.4 Å². The Morgan fingerprint density at radius 1 is 1.00 bits per heavy atom. The fraction of sp³-hybridized carbons (Fsp3) is 0.444. The van der Waals surface area contributed by atoms with Crippen LogP contribution in [-0.2, 0) is 25.7 Å². The Bertz CT molecular complexity index is 1010. The van der Waals surface area contributed by atoms with Gasteiger partial charge in [0.15, 0.2) is 0 Å². The largest absolute Gasteiger partial charge is 0.445 e. The zero-order chi connectivity index (χ0) is 24.6. The zero-order valence-electron chi connectivity index (χ0n) is 19.9. The number of hydrogen-bond donors (Lipinski definition) is 2. The maximum absolute atomic E-state index is 13.3. The molecule has 0 spiro atoms. The molecule has 2 aromatic carbocycles. The number of nitrogens with one attached hydrogen (secondary N) is 1. The molecule has 1 aliphatic heterocycles. The van der Waals surface area contributed by atoms with E-state index in [1.807, 2.05) is 42.5 Å². The third-order valence-electron chi connectivity index (χ3n) is 6.85. The second kappa shape index (κ2) is 11.8. The number of hydrogen-bond acceptors (Lipinski definition) is 5. The molecule has 1 saturated heterocycles. The van der Waals surface area contributed by atoms with E-state index in [0.717, 1.165) is 36.8 Å². The summed E-state index contributed by atoms with van der Waals surface area (Å²) in [7, 11) is 0. The van der Waals surface area contributed by atoms with E-state index in [-0.39, 0.29) is 30.4 Å². The number of nitrogens with zero attached hydrogens (tertiary/aromatic N) is 1. The maximum atomic E-state index is 13.3. The van der Waals surface area contributed by atoms with Crippen LogP contribution in [0.4, 0.5) is 4.79 Å². The van der Waals surface area contributed by atoms with Crippen molar-refractivity contribution >= 4 is 17.9 Å². The van der Waals surface area contributed by atoms with Gasteiger partial charge in [0.1, 0.15) is 12.6 Å². The second-order valence-electron chi connectivity index (χ2n) is 9.15. The first-order valence-corrected chi connectivity index (χ1v) is 12.3. The highest BCUT2D eigenvalue weighted by Gasteiger charge is 2.34. The molecule has 0 aromatic heterocycles. The highest BCUT2D eigenvalue weighted by Crippen LogP contribution is 2.38. The number of amides is 3. The van der Waals surface area contributed by atoms with Crippen LogP contribution in [0.1, 0.15) is 54.3 Å². The zero-order valence-corrected chi connectivity index (χ0v) is 19.9. The van der Waals surface area contributed by atoms with Gasteiger partial charge in [0, 0.05) is 19.0 Å². The molecule has 1 heterocycles. The summed E-state index contributed by atoms with van der Waals surface area (Å²) >= 11 is 0. The molecule has 0 radical (unpaired) electrons. The van der Waals surface area contributed by atoms with Crippen molar-refractivity contribution in [3.05, 3.63) is 71.3 Å². The quantitative estimate of drug-likeness (QED) is 0.633. The standard InChI is InChI=1S/C27H33N3O5/c28-25(31)24(21-6-2-1-3-7-21)29-26(32)23-9-5-4-8-22(23)20-12-10-19(11-13-20)18-35-27(33)30-14-16-34-17-15-30/h1-3,6-7,10-13,22-24H,4-5,8-9,14-18H2,(H2,28,31)(H,29,32)/t22?,23?,24-/m0/s1. The second-order valence-corrected chi connectivity index (χ2v) is 9.15. The van der Waals surface area contributed by atoms with Gasteiger partial charge in [0.25, 0.3) is 0 Å². The van der Waals surface area contributed by atoms with E-state index >= 15 is 0 Å². The number of carbonyl (C=O) groups is 3. The molecule has 0 bridgehead atoms. The summed E-state index contributed by atoms with van der Waals surface area (Å²) in [5.41, 5.74) is 8.25. The summed E-state index contributed by atoms with van der Waals surface area (Å²) in [6, 6.07) is 16.1. The average molecular weight is 480 g/mol. The van der Waals surface area contributed by atoms with Crippen LogP contribution in [0.2, 0.25) is 0 Å². The molecule has 8 nitrogen and oxygen atoms in total. The van der Waals surface area contributed by atoms with Crippen molar-refractivity contribution in [3.8, 4) is 0 Å². The normalized spacial score (nSPS) is 21.1. The summed E-state index contributed by atoms with van der Waals surface area (Å²) < 4.78 is 10.7. The van der Waals surface area contributed by atoms with E-state index in [4.69, 9.17) is 15.2 Å². The van der Waals surface area contributed by atoms with E-state index in [2.05, 4.69) is 5.32 Å². The first-order valence-electron chi connectivity index (χ1n) is 12.3. The number of rotatable bonds is 7. The molecular formula is C27H33N3O5. The summed E-state index contributed by atoms with van der Waals surface area (Å²) in [5, 5.41) is 2.89. The molecule has 2 aromatic rings. The van der Waals surface area contributed by atoms with Crippen molar-refractivity contribution in [1.29, 1.82) is 0 Å². The Balaban J connectivity index is 1.39. The van der Waals surface area contributed by atoms with Crippen molar-refractivity contribution in [2.24, 2.45) is 11.7 Å². The van der Waals surface area contributed by atoms with Crippen molar-refractivity contribution < 1.29 is 23.9 Å². The van der Waals surface area contributed by atoms with E-state index in [1.165, 1.54) is 0 Å². The first-order chi connectivity index (χ1) is 17.0. The summed E-state index contributed by atoms with van der Waals surface area (Å²) in [6.07, 6.45) is 3.34. The minimum absolute atomic E-state index is 0.0537. The lowest BCUT2D eigenvalue weighted by Crippen LogP contribution is -2.42. The van der Waals surface area contributed by atoms with Gasteiger partial charge in [-0.25, -0.2) is 4.79 Å². The number of primary amides is 1. The van der Waals surface area contributed by atoms with E-state index in [0.29, 0.717) is 31.9 Å². The van der Waals surface area contributed by atoms with Crippen LogP contribution in [0.15, 0.2) is 54.6 Å². The summed E-state index contributed by atoms with van der Waals surface area (Å²) in [6.45, 7) is 2.35. The minimum atomic E-state index is -0.852. The Morgan fingerprint density at radius 3 is 2.37 bits per heavy atom. The minimum Gasteiger partial charge on any atom is -0.445 e. The van der Waals surface area contributed by atoms with Crippen molar-refractivity contribution in [1.82, 2.24) is 10.2 Å². The van der Waals surface area contributed by atoms with Gasteiger partial charge in [-0.1, -0.05) is 67.4 Å². The predicted molar refractivity (Wildman–Crippen MR) is 130 cm³/mol. The number of benzene rings is 2. The van der Waals surface area contributed by atoms with Crippen molar-refractivity contribution in [2.45, 2.75) is 44.2 Å². The van der Waals surface area contributed by atoms with Gasteiger partial charge >= 0.3 is 6.09 Å². The van der Waals surface area contributed by atoms with Crippen molar-refractivity contribution in [3.63, 3.8) is 0 Å². The third kappa shape index (κ3) is 6.39. The number of nitrogens with two attached hydrogens (primary N) is 1. The van der Waals surface area contributed by atoms with Crippen LogP contribution in [0.5, 0.6) is 0 Å². The Morgan fingerprint density at radius 2 is 1.69 bits per heavy atom. The third-order valence-corrected chi connectivity index (χ3v) is 6.85. The van der Waals surface area contributed by atoms with Crippen LogP contribution >= 0.6 is 0 Å². The summed E-state index contributed by atoms with van der Waals surface area (Å²) in [4.78, 5) is 39.2. The topological polar surface area (TPSA) is 111 Å². The van der Waals surface area contributed by atoms with E-state index in [9.17, 15) is 14.4 Å². The molecule has 3 amide bonds. The molecule has 2 aliphatic rings. The van der Waals surface area contributed by atoms with Gasteiger partial charge in [-0.3, -0.25) is 9.59 Å². The van der Waals surface area contributed by atoms with Crippen LogP contribution in [0.3, 0.4) is 0 Å². The molecule has 2 unspecified atom stereocenters. The molecule has 35 heavy (non-hydrogen) atoms. The molecule has 1 saturated carbocycles. The highest BCUT2D eigenvalue weighted by molar-refractivity contribution is 5.89. The van der Waals surface area contributed by atoms with E-state index in [1.54, 1.807) is 17.0 Å². The van der Waals surface area contributed by atoms with Gasteiger partial charge in [-0.15, -0.1) is 0 Å². The van der Waals surface area contributed by atoms with Gasteiger partial charge in [0.05, 0.1) is 13.2 Å². The van der Waals surface area contributed by atoms with Gasteiger partial charge in [0.2, 0.25) is 11.8 Å². The summed E-state index contributed by atoms with van der Waals surface area (Å²) in [5.74, 6) is -0.906. The monoisotopic (exact) mass is 479 g/mol. The number of ether oxygens (including phenoxy) is 2. The molecule has 8 heteroatoms. The average Bonchev–Trinajstić information content (AvgIpc) is 2.91. The van der Waals surface area contributed by atoms with Crippen LogP contribution in [0.25, 0.3) is 0 Å². The fourth-order valence-corrected chi connectivity index (χ4v) is 4.90. The number of carbonyl (C=O) groups excluding carboxylic acids is 3. The highest BCUT2D eigenvalue weighted by atomic mass is 16.6. The molecule has 1 aliphatic carbocycles. The van der Waals surface area contributed by atoms with Gasteiger partial charge in [-0.2, -0.15) is 0 Å². The van der Waals surface area contributed by atoms with Gasteiger partial charge in [-0.05, 0) is 35.4 Å². The Labute approximate surface area is 205 Å². The SMILES string of the molecule is NC(=O)[C@@H](NC(=O)C1CCCCC1c1ccc(COC(=O)N2CCOCC2)cc1)c1ccccc1. The molecule has 2 fully saturated rings. The molecule has 4 rings (SSSR count). The molecule has 3 atom stereocenters. The molecule has 186 valence electrons. The molecular weight excluding hydrogens is 446 g/mol. The Hall–Kier alpha value is -3.39.